The molecule has 1 saturated heterocycles. The zero-order chi connectivity index (χ0) is 15.2. The van der Waals surface area contributed by atoms with E-state index >= 15 is 0 Å². The van der Waals surface area contributed by atoms with E-state index in [1.807, 2.05) is 0 Å². The molecule has 1 fully saturated rings. The van der Waals surface area contributed by atoms with Crippen molar-refractivity contribution in [3.8, 4) is 11.5 Å². The van der Waals surface area contributed by atoms with Gasteiger partial charge in [0.2, 0.25) is 5.91 Å². The Labute approximate surface area is 121 Å². The quantitative estimate of drug-likeness (QED) is 0.804. The number of carbonyl (C=O) groups excluding carboxylic acids is 1. The Balaban J connectivity index is 1.96. The van der Waals surface area contributed by atoms with Gasteiger partial charge in [0, 0.05) is 31.1 Å². The average Bonchev–Trinajstić information content (AvgIpc) is 2.85. The van der Waals surface area contributed by atoms with Crippen LogP contribution in [0.3, 0.4) is 0 Å². The third-order valence-electron chi connectivity index (χ3n) is 3.28. The summed E-state index contributed by atoms with van der Waals surface area (Å²) in [5, 5.41) is 5.97. The van der Waals surface area contributed by atoms with E-state index < -0.39 is 6.61 Å². The highest BCUT2D eigenvalue weighted by atomic mass is 19.3. The van der Waals surface area contributed by atoms with Gasteiger partial charge in [-0.05, 0) is 12.5 Å². The second kappa shape index (κ2) is 7.21. The topological polar surface area (TPSA) is 59.6 Å². The van der Waals surface area contributed by atoms with Crippen LogP contribution < -0.4 is 20.1 Å². The van der Waals surface area contributed by atoms with E-state index in [0.717, 1.165) is 6.42 Å². The molecule has 1 aliphatic heterocycles. The fourth-order valence-electron chi connectivity index (χ4n) is 2.30. The lowest BCUT2D eigenvalue weighted by Crippen LogP contribution is -2.35. The van der Waals surface area contributed by atoms with Crippen LogP contribution in [0.25, 0.3) is 0 Å². The molecule has 0 bridgehead atoms. The highest BCUT2D eigenvalue weighted by Crippen LogP contribution is 2.32. The van der Waals surface area contributed by atoms with E-state index in [-0.39, 0.29) is 23.4 Å². The van der Waals surface area contributed by atoms with Crippen LogP contribution in [0, 0.1) is 0 Å². The summed E-state index contributed by atoms with van der Waals surface area (Å²) in [6.07, 6.45) is 1.32. The average molecular weight is 300 g/mol. The predicted octanol–water partition coefficient (Wildman–Crippen LogP) is 1.66. The molecule has 1 amide bonds. The molecule has 0 spiro atoms. The molecule has 1 atom stereocenters. The third kappa shape index (κ3) is 4.29. The zero-order valence-electron chi connectivity index (χ0n) is 11.7. The van der Waals surface area contributed by atoms with E-state index in [1.54, 1.807) is 18.2 Å². The zero-order valence-corrected chi connectivity index (χ0v) is 11.7. The molecule has 1 aromatic carbocycles. The predicted molar refractivity (Wildman–Crippen MR) is 72.5 cm³/mol. The molecule has 0 aromatic heterocycles. The first-order valence-electron chi connectivity index (χ1n) is 6.71. The van der Waals surface area contributed by atoms with Crippen molar-refractivity contribution in [2.24, 2.45) is 0 Å². The number of carbonyl (C=O) groups is 1. The number of alkyl halides is 2. The molecule has 1 heterocycles. The van der Waals surface area contributed by atoms with Crippen molar-refractivity contribution in [3.05, 3.63) is 23.8 Å². The third-order valence-corrected chi connectivity index (χ3v) is 3.28. The van der Waals surface area contributed by atoms with E-state index in [0.29, 0.717) is 25.1 Å². The first-order valence-corrected chi connectivity index (χ1v) is 6.71. The highest BCUT2D eigenvalue weighted by molar-refractivity contribution is 5.78. The fraction of sp³-hybridized carbons (Fsp3) is 0.500. The van der Waals surface area contributed by atoms with E-state index in [2.05, 4.69) is 15.4 Å². The molecule has 21 heavy (non-hydrogen) atoms. The van der Waals surface area contributed by atoms with Crippen molar-refractivity contribution in [2.75, 3.05) is 13.7 Å². The van der Waals surface area contributed by atoms with Gasteiger partial charge in [0.05, 0.1) is 7.11 Å². The van der Waals surface area contributed by atoms with Gasteiger partial charge in [-0.2, -0.15) is 8.78 Å². The SMILES string of the molecule is COc1cccc(CNCC2CCC(=O)N2)c1OC(F)F. The standard InChI is InChI=1S/C14H18F2N2O3/c1-20-11-4-2-3-9(13(11)21-14(15)16)7-17-8-10-5-6-12(19)18-10/h2-4,10,14,17H,5-8H2,1H3,(H,18,19). The number of methoxy groups -OCH3 is 1. The van der Waals surface area contributed by atoms with Crippen LogP contribution >= 0.6 is 0 Å². The maximum Gasteiger partial charge on any atom is 0.387 e. The first-order chi connectivity index (χ1) is 10.1. The molecule has 0 saturated carbocycles. The monoisotopic (exact) mass is 300 g/mol. The molecule has 116 valence electrons. The van der Waals surface area contributed by atoms with Crippen LogP contribution in [0.15, 0.2) is 18.2 Å². The highest BCUT2D eigenvalue weighted by Gasteiger charge is 2.20. The van der Waals surface area contributed by atoms with Crippen LogP contribution in [0.1, 0.15) is 18.4 Å². The Morgan fingerprint density at radius 2 is 2.29 bits per heavy atom. The van der Waals surface area contributed by atoms with E-state index in [4.69, 9.17) is 4.74 Å². The summed E-state index contributed by atoms with van der Waals surface area (Å²) in [5.74, 6) is 0.353. The largest absolute Gasteiger partial charge is 0.493 e. The van der Waals surface area contributed by atoms with Crippen LogP contribution in [-0.2, 0) is 11.3 Å². The minimum atomic E-state index is -2.91. The summed E-state index contributed by atoms with van der Waals surface area (Å²) in [4.78, 5) is 11.1. The van der Waals surface area contributed by atoms with Gasteiger partial charge in [-0.3, -0.25) is 4.79 Å². The molecule has 0 radical (unpaired) electrons. The molecule has 1 unspecified atom stereocenters. The van der Waals surface area contributed by atoms with Gasteiger partial charge in [0.15, 0.2) is 11.5 Å². The Bertz CT molecular complexity index is 497. The summed E-state index contributed by atoms with van der Waals surface area (Å²) in [6.45, 7) is -1.97. The van der Waals surface area contributed by atoms with Crippen LogP contribution in [0.2, 0.25) is 0 Å². The molecule has 7 heteroatoms. The fourth-order valence-corrected chi connectivity index (χ4v) is 2.30. The van der Waals surface area contributed by atoms with Gasteiger partial charge in [0.1, 0.15) is 0 Å². The second-order valence-corrected chi connectivity index (χ2v) is 4.76. The Morgan fingerprint density at radius 3 is 2.90 bits per heavy atom. The summed E-state index contributed by atoms with van der Waals surface area (Å²) in [7, 11) is 1.40. The Hall–Kier alpha value is -1.89. The summed E-state index contributed by atoms with van der Waals surface area (Å²) in [6, 6.07) is 5.06. The van der Waals surface area contributed by atoms with Crippen molar-refractivity contribution in [2.45, 2.75) is 32.0 Å². The lowest BCUT2D eigenvalue weighted by Gasteiger charge is -2.16. The van der Waals surface area contributed by atoms with Crippen molar-refractivity contribution in [1.29, 1.82) is 0 Å². The van der Waals surface area contributed by atoms with E-state index in [1.165, 1.54) is 7.11 Å². The normalized spacial score (nSPS) is 17.9. The summed E-state index contributed by atoms with van der Waals surface area (Å²) >= 11 is 0. The number of amides is 1. The molecular formula is C14H18F2N2O3. The van der Waals surface area contributed by atoms with Crippen molar-refractivity contribution in [3.63, 3.8) is 0 Å². The Kier molecular flexibility index (Phi) is 5.32. The molecule has 0 aliphatic carbocycles. The Morgan fingerprint density at radius 1 is 1.48 bits per heavy atom. The maximum atomic E-state index is 12.5. The number of rotatable bonds is 7. The van der Waals surface area contributed by atoms with Gasteiger partial charge in [0.25, 0.3) is 0 Å². The van der Waals surface area contributed by atoms with Gasteiger partial charge in [-0.15, -0.1) is 0 Å². The number of halogens is 2. The lowest BCUT2D eigenvalue weighted by atomic mass is 10.1. The lowest BCUT2D eigenvalue weighted by molar-refractivity contribution is -0.119. The van der Waals surface area contributed by atoms with Crippen LogP contribution in [0.4, 0.5) is 8.78 Å². The minimum absolute atomic E-state index is 0.0398. The van der Waals surface area contributed by atoms with Crippen molar-refractivity contribution in [1.82, 2.24) is 10.6 Å². The first kappa shape index (κ1) is 15.5. The van der Waals surface area contributed by atoms with Gasteiger partial charge < -0.3 is 20.1 Å². The molecule has 1 aromatic rings. The summed E-state index contributed by atoms with van der Waals surface area (Å²) in [5.41, 5.74) is 0.582. The maximum absolute atomic E-state index is 12.5. The summed E-state index contributed by atoms with van der Waals surface area (Å²) < 4.78 is 34.5. The molecular weight excluding hydrogens is 282 g/mol. The van der Waals surface area contributed by atoms with Crippen LogP contribution in [-0.4, -0.2) is 32.2 Å². The number of benzene rings is 1. The number of hydrogen-bond acceptors (Lipinski definition) is 4. The van der Waals surface area contributed by atoms with Gasteiger partial charge in [-0.1, -0.05) is 12.1 Å². The minimum Gasteiger partial charge on any atom is -0.493 e. The molecule has 1 aliphatic rings. The molecule has 2 rings (SSSR count). The second-order valence-electron chi connectivity index (χ2n) is 4.76. The van der Waals surface area contributed by atoms with Gasteiger partial charge in [-0.25, -0.2) is 0 Å². The van der Waals surface area contributed by atoms with E-state index in [9.17, 15) is 13.6 Å². The molecule has 2 N–H and O–H groups in total. The van der Waals surface area contributed by atoms with Crippen molar-refractivity contribution >= 4 is 5.91 Å². The van der Waals surface area contributed by atoms with Gasteiger partial charge >= 0.3 is 6.61 Å². The number of nitrogens with one attached hydrogen (secondary N) is 2. The number of hydrogen-bond donors (Lipinski definition) is 2. The van der Waals surface area contributed by atoms with Crippen LogP contribution in [0.5, 0.6) is 11.5 Å². The number of para-hydroxylation sites is 1. The van der Waals surface area contributed by atoms with Crippen molar-refractivity contribution < 1.29 is 23.0 Å². The molecule has 5 nitrogen and oxygen atoms in total. The smallest absolute Gasteiger partial charge is 0.387 e. The number of ether oxygens (including phenoxy) is 2.